The molecule has 5 rings (SSSR count). The second-order valence-corrected chi connectivity index (χ2v) is 9.90. The van der Waals surface area contributed by atoms with E-state index < -0.39 is 0 Å². The Labute approximate surface area is 213 Å². The van der Waals surface area contributed by atoms with Gasteiger partial charge in [0.15, 0.2) is 0 Å². The monoisotopic (exact) mass is 503 g/mol. The van der Waals surface area contributed by atoms with Gasteiger partial charge in [0, 0.05) is 33.3 Å². The van der Waals surface area contributed by atoms with Crippen LogP contribution in [0.15, 0.2) is 52.1 Å². The maximum absolute atomic E-state index is 13.3. The summed E-state index contributed by atoms with van der Waals surface area (Å²) in [5.74, 6) is 0.313. The highest BCUT2D eigenvalue weighted by atomic mass is 32.1. The highest BCUT2D eigenvalue weighted by Gasteiger charge is 2.25. The highest BCUT2D eigenvalue weighted by Crippen LogP contribution is 2.40. The number of amides is 1. The molecule has 4 aromatic rings. The molecule has 0 fully saturated rings. The van der Waals surface area contributed by atoms with Crippen LogP contribution < -0.4 is 5.32 Å². The molecule has 3 aromatic heterocycles. The lowest BCUT2D eigenvalue weighted by Gasteiger charge is -2.12. The fourth-order valence-electron chi connectivity index (χ4n) is 4.83. The molecule has 1 aliphatic rings. The third kappa shape index (κ3) is 4.73. The summed E-state index contributed by atoms with van der Waals surface area (Å²) in [7, 11) is 0. The van der Waals surface area contributed by atoms with Gasteiger partial charge in [-0.2, -0.15) is 0 Å². The second-order valence-electron chi connectivity index (χ2n) is 8.82. The molecule has 0 radical (unpaired) electrons. The van der Waals surface area contributed by atoms with Crippen LogP contribution in [0.5, 0.6) is 0 Å². The number of carbonyl (C=O) groups excluding carboxylic acids is 2. The van der Waals surface area contributed by atoms with Crippen LogP contribution in [0.1, 0.15) is 57.6 Å². The maximum atomic E-state index is 13.3. The number of nitrogens with zero attached hydrogens (tertiary/aromatic N) is 2. The Balaban J connectivity index is 1.50. The van der Waals surface area contributed by atoms with Crippen molar-refractivity contribution in [2.45, 2.75) is 52.6 Å². The predicted octanol–water partition coefficient (Wildman–Crippen LogP) is 5.73. The maximum Gasteiger partial charge on any atom is 0.325 e. The number of hydrogen-bond donors (Lipinski definition) is 1. The Morgan fingerprint density at radius 3 is 2.83 bits per heavy atom. The summed E-state index contributed by atoms with van der Waals surface area (Å²) < 4.78 is 12.5. The largest absolute Gasteiger partial charge is 0.467 e. The van der Waals surface area contributed by atoms with Crippen molar-refractivity contribution >= 4 is 45.3 Å². The first-order chi connectivity index (χ1) is 17.6. The number of aromatic nitrogens is 1. The van der Waals surface area contributed by atoms with Gasteiger partial charge in [-0.25, -0.2) is 4.99 Å². The number of thiophene rings is 1. The molecule has 186 valence electrons. The normalized spacial score (nSPS) is 13.3. The molecule has 0 spiro atoms. The van der Waals surface area contributed by atoms with Gasteiger partial charge >= 0.3 is 5.97 Å². The van der Waals surface area contributed by atoms with E-state index in [4.69, 9.17) is 14.1 Å². The number of aryl methyl sites for hydroxylation is 1. The first-order valence-electron chi connectivity index (χ1n) is 12.3. The number of nitrogens with one attached hydrogen (secondary N) is 1. The number of ether oxygens (including phenoxy) is 1. The molecule has 0 saturated carbocycles. The van der Waals surface area contributed by atoms with Crippen LogP contribution in [-0.4, -0.2) is 29.3 Å². The molecule has 36 heavy (non-hydrogen) atoms. The number of esters is 1. The number of furan rings is 1. The number of rotatable bonds is 8. The Morgan fingerprint density at radius 2 is 2.03 bits per heavy atom. The van der Waals surface area contributed by atoms with E-state index in [2.05, 4.69) is 5.32 Å². The molecule has 0 saturated heterocycles. The molecule has 8 heteroatoms. The minimum Gasteiger partial charge on any atom is -0.467 e. The van der Waals surface area contributed by atoms with Crippen molar-refractivity contribution in [2.24, 2.45) is 4.99 Å². The van der Waals surface area contributed by atoms with Gasteiger partial charge < -0.3 is 19.0 Å². The number of aliphatic imine (C=N–C) groups is 1. The van der Waals surface area contributed by atoms with Crippen LogP contribution >= 0.6 is 11.3 Å². The zero-order valence-electron chi connectivity index (χ0n) is 20.5. The molecule has 7 nitrogen and oxygen atoms in total. The number of fused-ring (bicyclic) bond motifs is 2. The zero-order valence-corrected chi connectivity index (χ0v) is 21.3. The van der Waals surface area contributed by atoms with Crippen LogP contribution in [0.2, 0.25) is 0 Å². The lowest BCUT2D eigenvalue weighted by Crippen LogP contribution is -2.23. The van der Waals surface area contributed by atoms with Crippen LogP contribution in [0.4, 0.5) is 5.00 Å². The van der Waals surface area contributed by atoms with E-state index in [0.717, 1.165) is 58.4 Å². The molecule has 0 unspecified atom stereocenters. The van der Waals surface area contributed by atoms with Gasteiger partial charge in [-0.05, 0) is 63.3 Å². The molecule has 1 aromatic carbocycles. The van der Waals surface area contributed by atoms with Crippen LogP contribution in [0, 0.1) is 6.92 Å². The standard InChI is InChI=1S/C28H29N3O4S/c1-3-34-25(32)17-31-18(2)22(20-10-4-6-12-23(20)31)16-30-28-26(21-11-5-7-13-24(21)36-28)27(33)29-15-19-9-8-14-35-19/h4,6,8-10,12,14,16H,3,5,7,11,13,15,17H2,1-2H3,(H,29,33). The van der Waals surface area contributed by atoms with Crippen molar-refractivity contribution in [1.82, 2.24) is 9.88 Å². The van der Waals surface area contributed by atoms with Gasteiger partial charge in [-0.3, -0.25) is 9.59 Å². The van der Waals surface area contributed by atoms with E-state index in [1.165, 1.54) is 4.88 Å². The summed E-state index contributed by atoms with van der Waals surface area (Å²) in [6.45, 7) is 4.61. The fourth-order valence-corrected chi connectivity index (χ4v) is 6.06. The van der Waals surface area contributed by atoms with E-state index >= 15 is 0 Å². The average Bonchev–Trinajstić information content (AvgIpc) is 3.59. The summed E-state index contributed by atoms with van der Waals surface area (Å²) in [6.07, 6.45) is 7.51. The Hall–Kier alpha value is -3.65. The van der Waals surface area contributed by atoms with Gasteiger partial charge in [-0.15, -0.1) is 11.3 Å². The summed E-state index contributed by atoms with van der Waals surface area (Å²) in [5.41, 5.74) is 4.61. The van der Waals surface area contributed by atoms with Crippen molar-refractivity contribution < 1.29 is 18.7 Å². The summed E-state index contributed by atoms with van der Waals surface area (Å²) in [6, 6.07) is 11.6. The van der Waals surface area contributed by atoms with Gasteiger partial charge in [0.05, 0.1) is 25.0 Å². The molecule has 3 heterocycles. The van der Waals surface area contributed by atoms with E-state index in [9.17, 15) is 9.59 Å². The molecule has 0 bridgehead atoms. The quantitative estimate of drug-likeness (QED) is 0.246. The molecule has 1 amide bonds. The second kappa shape index (κ2) is 10.5. The van der Waals surface area contributed by atoms with Crippen molar-refractivity contribution in [3.8, 4) is 0 Å². The fraction of sp³-hybridized carbons (Fsp3) is 0.321. The Kier molecular flexibility index (Phi) is 7.04. The number of para-hydroxylation sites is 1. The molecule has 0 atom stereocenters. The lowest BCUT2D eigenvalue weighted by atomic mass is 9.95. The number of carbonyl (C=O) groups is 2. The molecule has 1 aliphatic carbocycles. The minimum absolute atomic E-state index is 0.126. The van der Waals surface area contributed by atoms with Gasteiger partial charge in [0.25, 0.3) is 5.91 Å². The predicted molar refractivity (Wildman–Crippen MR) is 141 cm³/mol. The van der Waals surface area contributed by atoms with Crippen molar-refractivity contribution in [3.63, 3.8) is 0 Å². The van der Waals surface area contributed by atoms with Crippen molar-refractivity contribution in [2.75, 3.05) is 6.61 Å². The lowest BCUT2D eigenvalue weighted by molar-refractivity contribution is -0.143. The van der Waals surface area contributed by atoms with Crippen LogP contribution in [-0.2, 0) is 35.5 Å². The minimum atomic E-state index is -0.272. The highest BCUT2D eigenvalue weighted by molar-refractivity contribution is 7.16. The van der Waals surface area contributed by atoms with Gasteiger partial charge in [-0.1, -0.05) is 18.2 Å². The van der Waals surface area contributed by atoms with E-state index in [1.807, 2.05) is 54.1 Å². The molecular formula is C28H29N3O4S. The van der Waals surface area contributed by atoms with Crippen molar-refractivity contribution in [3.05, 3.63) is 75.7 Å². The summed E-state index contributed by atoms with van der Waals surface area (Å²) >= 11 is 1.61. The number of hydrogen-bond acceptors (Lipinski definition) is 6. The Bertz CT molecular complexity index is 1430. The van der Waals surface area contributed by atoms with Crippen LogP contribution in [0.3, 0.4) is 0 Å². The first kappa shape index (κ1) is 24.1. The first-order valence-corrected chi connectivity index (χ1v) is 13.1. The van der Waals surface area contributed by atoms with E-state index in [0.29, 0.717) is 24.5 Å². The third-order valence-corrected chi connectivity index (χ3v) is 7.77. The molecular weight excluding hydrogens is 474 g/mol. The van der Waals surface area contributed by atoms with E-state index in [1.54, 1.807) is 24.5 Å². The number of benzene rings is 1. The van der Waals surface area contributed by atoms with E-state index in [-0.39, 0.29) is 18.4 Å². The van der Waals surface area contributed by atoms with Gasteiger partial charge in [0.2, 0.25) is 0 Å². The summed E-state index contributed by atoms with van der Waals surface area (Å²) in [4.78, 5) is 31.7. The molecule has 0 aliphatic heterocycles. The Morgan fingerprint density at radius 1 is 1.19 bits per heavy atom. The van der Waals surface area contributed by atoms with Crippen LogP contribution in [0.25, 0.3) is 10.9 Å². The topological polar surface area (TPSA) is 85.8 Å². The summed E-state index contributed by atoms with van der Waals surface area (Å²) in [5, 5.41) is 4.73. The van der Waals surface area contributed by atoms with Gasteiger partial charge in [0.1, 0.15) is 17.3 Å². The average molecular weight is 504 g/mol. The zero-order chi connectivity index (χ0) is 25.1. The van der Waals surface area contributed by atoms with Crippen molar-refractivity contribution in [1.29, 1.82) is 0 Å². The third-order valence-electron chi connectivity index (χ3n) is 6.57. The smallest absolute Gasteiger partial charge is 0.325 e. The molecule has 1 N–H and O–H groups in total. The SMILES string of the molecule is CCOC(=O)Cn1c(C)c(C=Nc2sc3c(c2C(=O)NCc2ccco2)CCCC3)c2ccccc21.